The van der Waals surface area contributed by atoms with E-state index < -0.39 is 17.6 Å². The Kier molecular flexibility index (Phi) is 9.40. The molecule has 2 heterocycles. The summed E-state index contributed by atoms with van der Waals surface area (Å²) in [5, 5.41) is 23.7. The highest BCUT2D eigenvalue weighted by atomic mass is 19.1. The molecular weight excluding hydrogens is 539 g/mol. The van der Waals surface area contributed by atoms with Crippen LogP contribution in [0.1, 0.15) is 36.3 Å². The molecule has 0 aliphatic carbocycles. The van der Waals surface area contributed by atoms with Crippen molar-refractivity contribution in [3.05, 3.63) is 90.0 Å². The molecule has 2 amide bonds. The van der Waals surface area contributed by atoms with Gasteiger partial charge in [-0.25, -0.2) is 4.39 Å². The zero-order valence-corrected chi connectivity index (χ0v) is 23.1. The van der Waals surface area contributed by atoms with Crippen LogP contribution in [0.5, 0.6) is 0 Å². The van der Waals surface area contributed by atoms with E-state index >= 15 is 0 Å². The summed E-state index contributed by atoms with van der Waals surface area (Å²) < 4.78 is 16.8. The highest BCUT2D eigenvalue weighted by molar-refractivity contribution is 6.01. The predicted octanol–water partition coefficient (Wildman–Crippen LogP) is 4.27. The van der Waals surface area contributed by atoms with Gasteiger partial charge in [-0.15, -0.1) is 10.2 Å². The number of benzene rings is 3. The van der Waals surface area contributed by atoms with Gasteiger partial charge < -0.3 is 31.8 Å². The van der Waals surface area contributed by atoms with E-state index in [1.807, 2.05) is 47.2 Å². The number of hydrogen-bond acceptors (Lipinski definition) is 8. The van der Waals surface area contributed by atoms with E-state index in [1.54, 1.807) is 24.3 Å². The third-order valence-electron chi connectivity index (χ3n) is 5.96. The first-order chi connectivity index (χ1) is 20.2. The third kappa shape index (κ3) is 6.67. The third-order valence-corrected chi connectivity index (χ3v) is 5.96. The summed E-state index contributed by atoms with van der Waals surface area (Å²) in [6.45, 7) is 3.88. The minimum Gasteiger partial charge on any atom is -0.392 e. The Morgan fingerprint density at radius 3 is 2.45 bits per heavy atom. The minimum atomic E-state index is -0.876. The standard InChI is InChI=1S/C27H23FN8O3.C3H8/c28-20-7-2-1-6-18(20)16-11-21(32-26-24(25(30)39)34-35-27(33-26)31-13-23(29)38)19-8-9-36(22(19)12-16)17-5-3-4-15(10-17)14-37;1-3-2/h1-12,37H,13-14H2,(H2,29,38)(H2,30,39)(H2,31,32,33,35);3H2,1-2H3. The molecule has 0 bridgehead atoms. The monoisotopic (exact) mass is 570 g/mol. The maximum absolute atomic E-state index is 14.9. The van der Waals surface area contributed by atoms with E-state index in [-0.39, 0.29) is 30.6 Å². The lowest BCUT2D eigenvalue weighted by Crippen LogP contribution is -2.24. The molecule has 5 rings (SSSR count). The molecule has 0 atom stereocenters. The second-order valence-electron chi connectivity index (χ2n) is 9.30. The van der Waals surface area contributed by atoms with Crippen molar-refractivity contribution in [1.29, 1.82) is 0 Å². The van der Waals surface area contributed by atoms with Crippen molar-refractivity contribution in [1.82, 2.24) is 19.7 Å². The quantitative estimate of drug-likeness (QED) is 0.175. The van der Waals surface area contributed by atoms with E-state index in [9.17, 15) is 19.1 Å². The summed E-state index contributed by atoms with van der Waals surface area (Å²) >= 11 is 0. The van der Waals surface area contributed by atoms with Crippen LogP contribution < -0.4 is 22.1 Å². The lowest BCUT2D eigenvalue weighted by atomic mass is 10.0. The summed E-state index contributed by atoms with van der Waals surface area (Å²) in [6, 6.07) is 19.1. The number of carbonyl (C=O) groups is 2. The van der Waals surface area contributed by atoms with E-state index in [0.29, 0.717) is 27.7 Å². The highest BCUT2D eigenvalue weighted by Gasteiger charge is 2.19. The number of hydrogen-bond donors (Lipinski definition) is 5. The van der Waals surface area contributed by atoms with Gasteiger partial charge in [-0.3, -0.25) is 9.59 Å². The van der Waals surface area contributed by atoms with E-state index in [1.165, 1.54) is 12.5 Å². The fraction of sp³-hybridized carbons (Fsp3) is 0.167. The van der Waals surface area contributed by atoms with Gasteiger partial charge in [0.15, 0.2) is 11.5 Å². The number of aliphatic hydroxyl groups is 1. The van der Waals surface area contributed by atoms with Crippen LogP contribution in [0.3, 0.4) is 0 Å². The van der Waals surface area contributed by atoms with Crippen LogP contribution in [-0.2, 0) is 11.4 Å². The van der Waals surface area contributed by atoms with Crippen LogP contribution in [0.25, 0.3) is 27.7 Å². The minimum absolute atomic E-state index is 0.0218. The van der Waals surface area contributed by atoms with Crippen molar-refractivity contribution in [3.63, 3.8) is 0 Å². The predicted molar refractivity (Wildman–Crippen MR) is 160 cm³/mol. The second-order valence-corrected chi connectivity index (χ2v) is 9.30. The first kappa shape index (κ1) is 29.6. The number of nitrogens with zero attached hydrogens (tertiary/aromatic N) is 4. The molecule has 0 spiro atoms. The van der Waals surface area contributed by atoms with E-state index in [2.05, 4.69) is 39.7 Å². The first-order valence-electron chi connectivity index (χ1n) is 13.2. The van der Waals surface area contributed by atoms with Gasteiger partial charge in [0.1, 0.15) is 5.82 Å². The van der Waals surface area contributed by atoms with Gasteiger partial charge in [0.25, 0.3) is 5.91 Å². The summed E-state index contributed by atoms with van der Waals surface area (Å²) in [7, 11) is 0. The maximum Gasteiger partial charge on any atom is 0.273 e. The number of aliphatic hydroxyl groups excluding tert-OH is 1. The maximum atomic E-state index is 14.9. The molecule has 0 saturated heterocycles. The number of carbonyl (C=O) groups excluding carboxylic acids is 2. The molecule has 2 aromatic heterocycles. The number of rotatable bonds is 9. The Morgan fingerprint density at radius 2 is 1.76 bits per heavy atom. The molecule has 0 saturated carbocycles. The van der Waals surface area contributed by atoms with Crippen molar-refractivity contribution >= 4 is 40.2 Å². The summed E-state index contributed by atoms with van der Waals surface area (Å²) in [5.74, 6) is -2.01. The van der Waals surface area contributed by atoms with Crippen LogP contribution >= 0.6 is 0 Å². The van der Waals surface area contributed by atoms with Crippen LogP contribution in [0, 0.1) is 5.82 Å². The largest absolute Gasteiger partial charge is 0.392 e. The Bertz CT molecular complexity index is 1740. The molecule has 216 valence electrons. The molecule has 42 heavy (non-hydrogen) atoms. The molecule has 0 aliphatic heterocycles. The SMILES string of the molecule is CCC.NC(=O)CNc1nnc(C(N)=O)c(Nc2cc(-c3ccccc3F)cc3c2ccn3-c2cccc(CO)c2)n1. The molecule has 0 aliphatic rings. The highest BCUT2D eigenvalue weighted by Crippen LogP contribution is 2.36. The Morgan fingerprint density at radius 1 is 1.00 bits per heavy atom. The van der Waals surface area contributed by atoms with Gasteiger partial charge in [0.2, 0.25) is 11.9 Å². The number of amides is 2. The molecule has 0 unspecified atom stereocenters. The summed E-state index contributed by atoms with van der Waals surface area (Å²) in [5.41, 5.74) is 14.1. The Labute approximate surface area is 241 Å². The number of primary amides is 2. The van der Waals surface area contributed by atoms with Crippen molar-refractivity contribution in [2.45, 2.75) is 26.9 Å². The van der Waals surface area contributed by atoms with Crippen LogP contribution in [0.15, 0.2) is 72.9 Å². The zero-order valence-electron chi connectivity index (χ0n) is 23.1. The number of fused-ring (bicyclic) bond motifs is 1. The van der Waals surface area contributed by atoms with Crippen LogP contribution in [-0.4, -0.2) is 43.2 Å². The molecular formula is C30H31FN8O3. The van der Waals surface area contributed by atoms with E-state index in [0.717, 1.165) is 11.3 Å². The molecule has 7 N–H and O–H groups in total. The number of halogens is 1. The average molecular weight is 571 g/mol. The lowest BCUT2D eigenvalue weighted by Gasteiger charge is -2.14. The summed E-state index contributed by atoms with van der Waals surface area (Å²) in [6.07, 6.45) is 3.09. The normalized spacial score (nSPS) is 10.6. The fourth-order valence-corrected chi connectivity index (χ4v) is 4.17. The molecule has 12 heteroatoms. The van der Waals surface area contributed by atoms with Crippen molar-refractivity contribution in [2.75, 3.05) is 17.2 Å². The van der Waals surface area contributed by atoms with Crippen LogP contribution in [0.4, 0.5) is 21.8 Å². The number of aromatic nitrogens is 4. The summed E-state index contributed by atoms with van der Waals surface area (Å²) in [4.78, 5) is 27.5. The van der Waals surface area contributed by atoms with Crippen molar-refractivity contribution in [2.24, 2.45) is 11.5 Å². The average Bonchev–Trinajstić information content (AvgIpc) is 3.41. The molecule has 11 nitrogen and oxygen atoms in total. The van der Waals surface area contributed by atoms with Gasteiger partial charge in [-0.1, -0.05) is 50.6 Å². The topological polar surface area (TPSA) is 174 Å². The number of nitrogens with two attached hydrogens (primary N) is 2. The van der Waals surface area contributed by atoms with Gasteiger partial charge in [-0.2, -0.15) is 4.98 Å². The van der Waals surface area contributed by atoms with Crippen LogP contribution in [0.2, 0.25) is 0 Å². The van der Waals surface area contributed by atoms with Gasteiger partial charge in [0, 0.05) is 28.5 Å². The number of anilines is 3. The lowest BCUT2D eigenvalue weighted by molar-refractivity contribution is -0.116. The van der Waals surface area contributed by atoms with E-state index in [4.69, 9.17) is 11.5 Å². The number of nitrogens with one attached hydrogen (secondary N) is 2. The first-order valence-corrected chi connectivity index (χ1v) is 13.2. The fourth-order valence-electron chi connectivity index (χ4n) is 4.17. The Balaban J connectivity index is 0.00000129. The molecule has 5 aromatic rings. The molecule has 0 fully saturated rings. The van der Waals surface area contributed by atoms with Gasteiger partial charge >= 0.3 is 0 Å². The van der Waals surface area contributed by atoms with Crippen molar-refractivity contribution in [3.8, 4) is 16.8 Å². The smallest absolute Gasteiger partial charge is 0.273 e. The molecule has 3 aromatic carbocycles. The van der Waals surface area contributed by atoms with Gasteiger partial charge in [0.05, 0.1) is 18.7 Å². The second kappa shape index (κ2) is 13.3. The van der Waals surface area contributed by atoms with Gasteiger partial charge in [-0.05, 0) is 47.5 Å². The molecule has 0 radical (unpaired) electrons. The zero-order chi connectivity index (χ0) is 30.2. The Hall–Kier alpha value is -5.36. The van der Waals surface area contributed by atoms with Crippen molar-refractivity contribution < 1.29 is 19.1 Å².